The molecule has 1 saturated heterocycles. The van der Waals surface area contributed by atoms with Gasteiger partial charge in [0, 0.05) is 49.9 Å². The molecule has 0 aromatic heterocycles. The van der Waals surface area contributed by atoms with Crippen LogP contribution in [0.15, 0.2) is 59.6 Å². The Balaban J connectivity index is 1.21. The fourth-order valence-corrected chi connectivity index (χ4v) is 4.40. The van der Waals surface area contributed by atoms with Gasteiger partial charge in [-0.2, -0.15) is 0 Å². The number of rotatable bonds is 9. The van der Waals surface area contributed by atoms with Crippen LogP contribution in [0.3, 0.4) is 0 Å². The average Bonchev–Trinajstić information content (AvgIpc) is 2.94. The topological polar surface area (TPSA) is 144 Å². The van der Waals surface area contributed by atoms with Crippen LogP contribution in [0.4, 0.5) is 20.6 Å². The highest BCUT2D eigenvalue weighted by Crippen LogP contribution is 2.26. The predicted molar refractivity (Wildman–Crippen MR) is 144 cm³/mol. The number of ether oxygens (including phenoxy) is 1. The van der Waals surface area contributed by atoms with E-state index in [0.29, 0.717) is 44.9 Å². The van der Waals surface area contributed by atoms with Crippen molar-refractivity contribution >= 4 is 35.3 Å². The summed E-state index contributed by atoms with van der Waals surface area (Å²) < 4.78 is 18.6. The van der Waals surface area contributed by atoms with E-state index in [1.54, 1.807) is 24.3 Å². The lowest BCUT2D eigenvalue weighted by Crippen LogP contribution is -2.50. The van der Waals surface area contributed by atoms with E-state index in [-0.39, 0.29) is 25.0 Å². The number of carbonyl (C=O) groups is 3. The smallest absolute Gasteiger partial charge is 0.408 e. The largest absolute Gasteiger partial charge is 0.480 e. The summed E-state index contributed by atoms with van der Waals surface area (Å²) >= 11 is 0. The fraction of sp³-hybridized carbons (Fsp3) is 0.407. The first-order valence-electron chi connectivity index (χ1n) is 12.9. The van der Waals surface area contributed by atoms with Crippen molar-refractivity contribution < 1.29 is 28.6 Å². The van der Waals surface area contributed by atoms with Crippen LogP contribution in [0.1, 0.15) is 24.8 Å². The third-order valence-electron chi connectivity index (χ3n) is 6.57. The highest BCUT2D eigenvalue weighted by atomic mass is 19.1. The van der Waals surface area contributed by atoms with Crippen molar-refractivity contribution in [2.24, 2.45) is 10.9 Å². The van der Waals surface area contributed by atoms with Crippen molar-refractivity contribution in [1.29, 1.82) is 0 Å². The molecule has 12 heteroatoms. The van der Waals surface area contributed by atoms with Crippen molar-refractivity contribution in [3.05, 3.63) is 60.2 Å². The summed E-state index contributed by atoms with van der Waals surface area (Å²) in [5, 5.41) is 20.2. The number of carbonyl (C=O) groups excluding carboxylic acids is 2. The van der Waals surface area contributed by atoms with Crippen LogP contribution in [0.2, 0.25) is 0 Å². The van der Waals surface area contributed by atoms with Gasteiger partial charge in [0.25, 0.3) is 0 Å². The predicted octanol–water partition coefficient (Wildman–Crippen LogP) is 2.46. The number of carboxylic acid groups (broad SMARTS) is 1. The van der Waals surface area contributed by atoms with Crippen molar-refractivity contribution in [2.75, 3.05) is 36.4 Å². The highest BCUT2D eigenvalue weighted by molar-refractivity contribution is 5.94. The molecule has 0 saturated carbocycles. The number of nitrogens with zero attached hydrogens (tertiary/aromatic N) is 2. The Morgan fingerprint density at radius 1 is 1.10 bits per heavy atom. The fourth-order valence-electron chi connectivity index (χ4n) is 4.40. The summed E-state index contributed by atoms with van der Waals surface area (Å²) in [5.74, 6) is -1.39. The van der Waals surface area contributed by atoms with Crippen LogP contribution in [0.5, 0.6) is 0 Å². The molecule has 5 N–H and O–H groups in total. The maximum absolute atomic E-state index is 13.6. The van der Waals surface area contributed by atoms with E-state index in [1.807, 2.05) is 30.3 Å². The Kier molecular flexibility index (Phi) is 9.54. The number of alkyl halides is 1. The van der Waals surface area contributed by atoms with Crippen LogP contribution in [0, 0.1) is 5.92 Å². The molecule has 2 aromatic rings. The van der Waals surface area contributed by atoms with Gasteiger partial charge in [-0.05, 0) is 36.6 Å². The van der Waals surface area contributed by atoms with Crippen molar-refractivity contribution in [3.8, 4) is 0 Å². The van der Waals surface area contributed by atoms with Crippen molar-refractivity contribution in [3.63, 3.8) is 0 Å². The molecule has 2 heterocycles. The number of halogens is 1. The quantitative estimate of drug-likeness (QED) is 0.305. The number of guanidine groups is 1. The molecule has 0 spiro atoms. The Morgan fingerprint density at radius 3 is 2.59 bits per heavy atom. The van der Waals surface area contributed by atoms with Gasteiger partial charge in [-0.25, -0.2) is 14.0 Å². The Hall–Kier alpha value is -4.35. The first kappa shape index (κ1) is 27.7. The van der Waals surface area contributed by atoms with Crippen LogP contribution < -0.4 is 26.2 Å². The van der Waals surface area contributed by atoms with Gasteiger partial charge in [0.05, 0.1) is 0 Å². The summed E-state index contributed by atoms with van der Waals surface area (Å²) in [7, 11) is 0. The number of carboxylic acids is 1. The van der Waals surface area contributed by atoms with Gasteiger partial charge in [0.15, 0.2) is 12.3 Å². The number of aliphatic carboxylic acids is 1. The summed E-state index contributed by atoms with van der Waals surface area (Å²) in [4.78, 5) is 42.8. The number of benzene rings is 2. The summed E-state index contributed by atoms with van der Waals surface area (Å²) in [6, 6.07) is 15.4. The molecule has 2 amide bonds. The molecule has 2 atom stereocenters. The standard InChI is InChI=1S/C27H33FN6O5/c28-23-9-12-29-26(33-23)31-20-7-4-8-21(15-20)34-13-10-19(11-14-34)24(35)30-16-22(25(36)37)32-27(38)39-17-18-5-2-1-3-6-18/h1-8,15,19,22-23H,9-14,16-17H2,(H,30,35)(H,32,38)(H,36,37)(H2,29,31,33). The van der Waals surface area contributed by atoms with E-state index in [9.17, 15) is 23.9 Å². The van der Waals surface area contributed by atoms with Gasteiger partial charge in [-0.15, -0.1) is 0 Å². The van der Waals surface area contributed by atoms with Gasteiger partial charge < -0.3 is 36.0 Å². The molecule has 11 nitrogen and oxygen atoms in total. The maximum Gasteiger partial charge on any atom is 0.408 e. The SMILES string of the molecule is O=C(NC(CNC(=O)C1CCN(c2cccc(NC3=NCCC(F)N3)c2)CC1)C(=O)O)OCc1ccccc1. The molecule has 0 aliphatic carbocycles. The van der Waals surface area contributed by atoms with Crippen LogP contribution in [-0.4, -0.2) is 67.6 Å². The van der Waals surface area contributed by atoms with Crippen LogP contribution in [-0.2, 0) is 20.9 Å². The number of hydrogen-bond donors (Lipinski definition) is 5. The Labute approximate surface area is 225 Å². The van der Waals surface area contributed by atoms with E-state index in [4.69, 9.17) is 4.74 Å². The molecule has 2 aliphatic rings. The molecular formula is C27H33FN6O5. The molecule has 2 aromatic carbocycles. The zero-order valence-corrected chi connectivity index (χ0v) is 21.4. The number of alkyl carbamates (subject to hydrolysis) is 1. The highest BCUT2D eigenvalue weighted by Gasteiger charge is 2.27. The molecule has 4 rings (SSSR count). The lowest BCUT2D eigenvalue weighted by Gasteiger charge is -2.33. The van der Waals surface area contributed by atoms with Crippen molar-refractivity contribution in [1.82, 2.24) is 16.0 Å². The normalized spacial score (nSPS) is 18.2. The Bertz CT molecular complexity index is 1170. The van der Waals surface area contributed by atoms with Gasteiger partial charge >= 0.3 is 12.1 Å². The minimum absolute atomic E-state index is 0.00659. The number of aliphatic imine (C=N–C) groups is 1. The van der Waals surface area contributed by atoms with Crippen molar-refractivity contribution in [2.45, 2.75) is 38.2 Å². The number of hydrogen-bond acceptors (Lipinski definition) is 8. The van der Waals surface area contributed by atoms with E-state index >= 15 is 0 Å². The van der Waals surface area contributed by atoms with Gasteiger partial charge in [-0.1, -0.05) is 36.4 Å². The zero-order chi connectivity index (χ0) is 27.6. The third-order valence-corrected chi connectivity index (χ3v) is 6.57. The second-order valence-electron chi connectivity index (χ2n) is 9.41. The van der Waals surface area contributed by atoms with E-state index in [1.165, 1.54) is 0 Å². The molecule has 208 valence electrons. The second kappa shape index (κ2) is 13.4. The lowest BCUT2D eigenvalue weighted by atomic mass is 9.95. The van der Waals surface area contributed by atoms with Gasteiger partial charge in [0.2, 0.25) is 5.91 Å². The minimum atomic E-state index is -1.32. The monoisotopic (exact) mass is 540 g/mol. The molecule has 0 bridgehead atoms. The average molecular weight is 541 g/mol. The molecule has 2 aliphatic heterocycles. The summed E-state index contributed by atoms with van der Waals surface area (Å²) in [5.41, 5.74) is 2.52. The summed E-state index contributed by atoms with van der Waals surface area (Å²) in [6.45, 7) is 1.46. The molecule has 39 heavy (non-hydrogen) atoms. The van der Waals surface area contributed by atoms with Gasteiger partial charge in [-0.3, -0.25) is 9.79 Å². The number of amides is 2. The van der Waals surface area contributed by atoms with E-state index in [2.05, 4.69) is 31.2 Å². The lowest BCUT2D eigenvalue weighted by molar-refractivity contribution is -0.139. The third kappa shape index (κ3) is 8.32. The maximum atomic E-state index is 13.6. The number of anilines is 2. The molecule has 1 fully saturated rings. The molecular weight excluding hydrogens is 507 g/mol. The zero-order valence-electron chi connectivity index (χ0n) is 21.4. The number of nitrogens with one attached hydrogen (secondary N) is 4. The Morgan fingerprint density at radius 2 is 1.87 bits per heavy atom. The van der Waals surface area contributed by atoms with Crippen LogP contribution >= 0.6 is 0 Å². The number of piperidine rings is 1. The first-order valence-corrected chi connectivity index (χ1v) is 12.9. The summed E-state index contributed by atoms with van der Waals surface area (Å²) in [6.07, 6.45) is -0.464. The van der Waals surface area contributed by atoms with Crippen LogP contribution in [0.25, 0.3) is 0 Å². The second-order valence-corrected chi connectivity index (χ2v) is 9.41. The molecule has 2 unspecified atom stereocenters. The first-order chi connectivity index (χ1) is 18.9. The molecule has 0 radical (unpaired) electrons. The minimum Gasteiger partial charge on any atom is -0.480 e. The van der Waals surface area contributed by atoms with E-state index in [0.717, 1.165) is 16.9 Å². The van der Waals surface area contributed by atoms with E-state index < -0.39 is 24.4 Å². The van der Waals surface area contributed by atoms with Gasteiger partial charge in [0.1, 0.15) is 12.6 Å².